The van der Waals surface area contributed by atoms with E-state index in [1.165, 1.54) is 77.3 Å². The first-order valence-electron chi connectivity index (χ1n) is 28.2. The van der Waals surface area contributed by atoms with E-state index in [1.54, 1.807) is 0 Å². The maximum absolute atomic E-state index is 7.87. The van der Waals surface area contributed by atoms with Crippen LogP contribution in [-0.2, 0) is 10.8 Å². The topological polar surface area (TPSA) is 26.6 Å². The van der Waals surface area contributed by atoms with Gasteiger partial charge in [-0.05, 0) is 137 Å². The molecule has 5 heterocycles. The van der Waals surface area contributed by atoms with Crippen LogP contribution < -0.4 is 47.2 Å². The van der Waals surface area contributed by atoms with E-state index >= 15 is 0 Å². The van der Waals surface area contributed by atoms with Crippen LogP contribution in [0.1, 0.15) is 52.7 Å². The lowest BCUT2D eigenvalue weighted by Gasteiger charge is -2.45. The molecule has 11 aromatic carbocycles. The Balaban J connectivity index is 1.08. The molecule has 0 bridgehead atoms. The van der Waals surface area contributed by atoms with Gasteiger partial charge in [-0.15, -0.1) is 0 Å². The highest BCUT2D eigenvalue weighted by Crippen LogP contribution is 2.52. The van der Waals surface area contributed by atoms with Crippen molar-refractivity contribution in [2.24, 2.45) is 0 Å². The highest BCUT2D eigenvalue weighted by molar-refractivity contribution is 7.02. The second-order valence-corrected chi connectivity index (χ2v) is 24.4. The summed E-state index contributed by atoms with van der Waals surface area (Å²) in [5.74, 6) is 3.48. The maximum Gasteiger partial charge on any atom is 0.256 e. The molecular weight excluding hydrogens is 970 g/mol. The number of benzene rings is 11. The van der Waals surface area contributed by atoms with Gasteiger partial charge in [-0.3, -0.25) is 0 Å². The Bertz CT molecular complexity index is 4540. The van der Waals surface area contributed by atoms with Crippen molar-refractivity contribution in [3.8, 4) is 73.2 Å². The Kier molecular flexibility index (Phi) is 10.0. The zero-order chi connectivity index (χ0) is 53.8. The van der Waals surface area contributed by atoms with Crippen molar-refractivity contribution in [3.05, 3.63) is 242 Å². The van der Waals surface area contributed by atoms with Crippen LogP contribution in [0.2, 0.25) is 0 Å². The van der Waals surface area contributed by atoms with Gasteiger partial charge in [0.2, 0.25) is 0 Å². The third kappa shape index (κ3) is 6.97. The van der Waals surface area contributed by atoms with Crippen LogP contribution in [0.4, 0.5) is 17.1 Å². The molecule has 0 N–H and O–H groups in total. The molecule has 0 radical (unpaired) electrons. The predicted molar refractivity (Wildman–Crippen MR) is 337 cm³/mol. The maximum atomic E-state index is 7.87. The normalized spacial score (nSPS) is 13.5. The van der Waals surface area contributed by atoms with E-state index in [4.69, 9.17) is 9.47 Å². The summed E-state index contributed by atoms with van der Waals surface area (Å²) in [7, 11) is 0. The number of anilines is 3. The summed E-state index contributed by atoms with van der Waals surface area (Å²) in [5, 5.41) is 2.41. The van der Waals surface area contributed by atoms with Gasteiger partial charge in [-0.1, -0.05) is 224 Å². The molecule has 0 amide bonds. The van der Waals surface area contributed by atoms with Crippen molar-refractivity contribution in [1.29, 1.82) is 0 Å². The minimum Gasteiger partial charge on any atom is -0.456 e. The third-order valence-electron chi connectivity index (χ3n) is 17.6. The van der Waals surface area contributed by atoms with E-state index < -0.39 is 0 Å². The molecular formula is C74H56B2N2O2. The van der Waals surface area contributed by atoms with Crippen molar-refractivity contribution in [3.63, 3.8) is 0 Å². The van der Waals surface area contributed by atoms with Crippen LogP contribution in [0.25, 0.3) is 72.0 Å². The minimum absolute atomic E-state index is 0.113. The molecule has 4 aliphatic heterocycles. The van der Waals surface area contributed by atoms with Crippen molar-refractivity contribution in [2.45, 2.75) is 52.4 Å². The van der Waals surface area contributed by atoms with Crippen molar-refractivity contribution in [1.82, 2.24) is 4.57 Å². The van der Waals surface area contributed by atoms with E-state index in [2.05, 4.69) is 282 Å². The molecule has 6 heteroatoms. The molecule has 0 spiro atoms. The Morgan fingerprint density at radius 1 is 0.350 bits per heavy atom. The van der Waals surface area contributed by atoms with Gasteiger partial charge in [0.15, 0.2) is 0 Å². The number of hydrogen-bond acceptors (Lipinski definition) is 3. The van der Waals surface area contributed by atoms with Crippen molar-refractivity contribution < 1.29 is 9.47 Å². The summed E-state index contributed by atoms with van der Waals surface area (Å²) in [5.41, 5.74) is 25.3. The molecule has 0 fully saturated rings. The Morgan fingerprint density at radius 3 is 1.35 bits per heavy atom. The Hall–Kier alpha value is -9.25. The number of rotatable bonds is 5. The Morgan fingerprint density at radius 2 is 0.787 bits per heavy atom. The minimum atomic E-state index is -0.222. The van der Waals surface area contributed by atoms with E-state index in [0.29, 0.717) is 0 Å². The van der Waals surface area contributed by atoms with E-state index in [-0.39, 0.29) is 24.3 Å². The van der Waals surface area contributed by atoms with Crippen LogP contribution in [0.5, 0.6) is 23.0 Å². The fraction of sp³-hybridized carbons (Fsp3) is 0.108. The summed E-state index contributed by atoms with van der Waals surface area (Å²) >= 11 is 0. The summed E-state index contributed by atoms with van der Waals surface area (Å²) in [6.45, 7) is 13.4. The first kappa shape index (κ1) is 46.8. The van der Waals surface area contributed by atoms with Crippen LogP contribution in [-0.4, -0.2) is 18.0 Å². The smallest absolute Gasteiger partial charge is 0.256 e. The van der Waals surface area contributed by atoms with Crippen LogP contribution >= 0.6 is 0 Å². The average molecular weight is 1030 g/mol. The summed E-state index contributed by atoms with van der Waals surface area (Å²) in [4.78, 5) is 2.50. The lowest BCUT2D eigenvalue weighted by atomic mass is 9.31. The fourth-order valence-corrected chi connectivity index (χ4v) is 13.6. The van der Waals surface area contributed by atoms with E-state index in [0.717, 1.165) is 78.7 Å². The number of hydrogen-bond donors (Lipinski definition) is 0. The highest BCUT2D eigenvalue weighted by atomic mass is 16.5. The van der Waals surface area contributed by atoms with Gasteiger partial charge < -0.3 is 18.9 Å². The molecule has 12 aromatic rings. The van der Waals surface area contributed by atoms with E-state index in [9.17, 15) is 0 Å². The summed E-state index contributed by atoms with van der Waals surface area (Å²) in [6.07, 6.45) is 0. The van der Waals surface area contributed by atoms with Crippen LogP contribution in [0.3, 0.4) is 0 Å². The predicted octanol–water partition coefficient (Wildman–Crippen LogP) is 15.4. The zero-order valence-corrected chi connectivity index (χ0v) is 45.8. The summed E-state index contributed by atoms with van der Waals surface area (Å²) < 4.78 is 18.3. The fourth-order valence-electron chi connectivity index (χ4n) is 13.6. The molecule has 0 saturated heterocycles. The van der Waals surface area contributed by atoms with Gasteiger partial charge in [0.1, 0.15) is 23.0 Å². The number of nitrogens with zero attached hydrogens (tertiary/aromatic N) is 2. The molecule has 80 heavy (non-hydrogen) atoms. The Labute approximate surface area is 468 Å². The van der Waals surface area contributed by atoms with Gasteiger partial charge in [-0.25, -0.2) is 0 Å². The van der Waals surface area contributed by atoms with Crippen LogP contribution in [0.15, 0.2) is 231 Å². The zero-order valence-electron chi connectivity index (χ0n) is 45.8. The van der Waals surface area contributed by atoms with Gasteiger partial charge in [0, 0.05) is 38.6 Å². The quantitative estimate of drug-likeness (QED) is 0.161. The molecule has 0 atom stereocenters. The average Bonchev–Trinajstić information content (AvgIpc) is 4.01. The lowest BCUT2D eigenvalue weighted by Crippen LogP contribution is -2.63. The molecule has 0 aliphatic carbocycles. The first-order valence-corrected chi connectivity index (χ1v) is 28.2. The number of ether oxygens (including phenoxy) is 2. The largest absolute Gasteiger partial charge is 0.456 e. The molecule has 4 nitrogen and oxygen atoms in total. The van der Waals surface area contributed by atoms with Gasteiger partial charge >= 0.3 is 0 Å². The standard InChI is InChI=1S/C74H56B2N2O2/c1-73(2,3)53-31-37-64-59(43-53)75-58-41-51(47-23-15-9-16-24-47)30-36-63(58)77(55-33-27-49(28-34-55)45-19-11-7-12-20-45)69-66(75)72(80-64)70-67-71(69)79-65-38-32-54(74(4,5)6)44-60(65)76(67)61-42-52(48-25-17-10-18-26-48)40-57-56-39-50(46-21-13-8-14-22-46)29-35-62(56)78(70)68(57)61/h7-44H,1-6H3. The van der Waals surface area contributed by atoms with Crippen molar-refractivity contribution in [2.75, 3.05) is 4.90 Å². The third-order valence-corrected chi connectivity index (χ3v) is 17.6. The van der Waals surface area contributed by atoms with Gasteiger partial charge in [0.05, 0.1) is 16.9 Å². The summed E-state index contributed by atoms with van der Waals surface area (Å²) in [6, 6.07) is 85.4. The van der Waals surface area contributed by atoms with Gasteiger partial charge in [-0.2, -0.15) is 0 Å². The lowest BCUT2D eigenvalue weighted by molar-refractivity contribution is 0.473. The molecule has 0 saturated carbocycles. The van der Waals surface area contributed by atoms with Gasteiger partial charge in [0.25, 0.3) is 13.4 Å². The first-order chi connectivity index (χ1) is 38.9. The highest BCUT2D eigenvalue weighted by Gasteiger charge is 2.52. The number of fused-ring (bicyclic) bond motifs is 13. The second kappa shape index (κ2) is 17.1. The SMILES string of the molecule is CC(C)(C)c1ccc2c(c1)B1c3cc(-c4ccccc4)ccc3N(c3ccc(-c4ccccc4)cc3)c3c4c5c(c(c31)O2)-n1c2ccc(-c3ccccc3)cc2c2cc(-c3ccccc3)cc(c21)B5c1cc(C(C)(C)C)ccc1O4. The second-order valence-electron chi connectivity index (χ2n) is 24.4. The molecule has 0 unspecified atom stereocenters. The van der Waals surface area contributed by atoms with Crippen molar-refractivity contribution >= 4 is 85.1 Å². The molecule has 4 aliphatic rings. The molecule has 16 rings (SSSR count). The monoisotopic (exact) mass is 1030 g/mol. The van der Waals surface area contributed by atoms with E-state index in [1.807, 2.05) is 0 Å². The van der Waals surface area contributed by atoms with Crippen LogP contribution in [0, 0.1) is 0 Å². The molecule has 1 aromatic heterocycles. The molecule has 380 valence electrons. The number of aromatic nitrogens is 1.